The standard InChI is InChI=1S/C9H15N3/c1-4-10-9-8(7(2)3)11-5-6-12-9/h5-7H,4H2,1-3H3,(H,10,12). The lowest BCUT2D eigenvalue weighted by Gasteiger charge is -2.09. The van der Waals surface area contributed by atoms with E-state index in [0.29, 0.717) is 5.92 Å². The number of nitrogens with zero attached hydrogens (tertiary/aromatic N) is 2. The molecule has 0 spiro atoms. The molecule has 0 aromatic carbocycles. The van der Waals surface area contributed by atoms with Gasteiger partial charge < -0.3 is 5.32 Å². The van der Waals surface area contributed by atoms with E-state index in [0.717, 1.165) is 18.1 Å². The van der Waals surface area contributed by atoms with Gasteiger partial charge in [-0.15, -0.1) is 0 Å². The van der Waals surface area contributed by atoms with Crippen LogP contribution in [0.5, 0.6) is 0 Å². The molecule has 12 heavy (non-hydrogen) atoms. The van der Waals surface area contributed by atoms with Crippen LogP contribution >= 0.6 is 0 Å². The highest BCUT2D eigenvalue weighted by atomic mass is 15.0. The summed E-state index contributed by atoms with van der Waals surface area (Å²) in [7, 11) is 0. The van der Waals surface area contributed by atoms with Crippen LogP contribution in [0.3, 0.4) is 0 Å². The molecule has 0 amide bonds. The highest BCUT2D eigenvalue weighted by molar-refractivity contribution is 5.40. The molecule has 1 heterocycles. The third-order valence-electron chi connectivity index (χ3n) is 1.62. The summed E-state index contributed by atoms with van der Waals surface area (Å²) in [5.74, 6) is 1.34. The summed E-state index contributed by atoms with van der Waals surface area (Å²) in [6.45, 7) is 7.17. The summed E-state index contributed by atoms with van der Waals surface area (Å²) in [5, 5.41) is 3.18. The van der Waals surface area contributed by atoms with Crippen molar-refractivity contribution in [1.29, 1.82) is 0 Å². The first-order chi connectivity index (χ1) is 5.75. The molecule has 0 atom stereocenters. The van der Waals surface area contributed by atoms with E-state index in [1.807, 2.05) is 0 Å². The Morgan fingerprint density at radius 2 is 2.00 bits per heavy atom. The molecular weight excluding hydrogens is 150 g/mol. The molecule has 0 aliphatic carbocycles. The fourth-order valence-electron chi connectivity index (χ4n) is 1.07. The molecule has 0 saturated heterocycles. The van der Waals surface area contributed by atoms with Crippen molar-refractivity contribution in [2.75, 3.05) is 11.9 Å². The SMILES string of the molecule is CCNc1nccnc1C(C)C. The molecule has 0 bridgehead atoms. The first kappa shape index (κ1) is 8.97. The van der Waals surface area contributed by atoms with Crippen LogP contribution in [0.25, 0.3) is 0 Å². The molecule has 0 aliphatic rings. The van der Waals surface area contributed by atoms with Gasteiger partial charge in [0, 0.05) is 18.9 Å². The molecule has 1 N–H and O–H groups in total. The topological polar surface area (TPSA) is 37.8 Å². The number of anilines is 1. The average Bonchev–Trinajstić information content (AvgIpc) is 2.05. The highest BCUT2D eigenvalue weighted by Gasteiger charge is 2.06. The molecular formula is C9H15N3. The first-order valence-corrected chi connectivity index (χ1v) is 4.30. The van der Waals surface area contributed by atoms with Crippen LogP contribution in [0.2, 0.25) is 0 Å². The van der Waals surface area contributed by atoms with Gasteiger partial charge in [0.05, 0.1) is 5.69 Å². The maximum atomic E-state index is 4.27. The summed E-state index contributed by atoms with van der Waals surface area (Å²) >= 11 is 0. The van der Waals surface area contributed by atoms with Crippen LogP contribution in [0.4, 0.5) is 5.82 Å². The van der Waals surface area contributed by atoms with Gasteiger partial charge in [0.2, 0.25) is 0 Å². The van der Waals surface area contributed by atoms with E-state index in [1.165, 1.54) is 0 Å². The van der Waals surface area contributed by atoms with Crippen molar-refractivity contribution >= 4 is 5.82 Å². The van der Waals surface area contributed by atoms with E-state index in [-0.39, 0.29) is 0 Å². The number of nitrogens with one attached hydrogen (secondary N) is 1. The lowest BCUT2D eigenvalue weighted by atomic mass is 10.1. The molecule has 1 rings (SSSR count). The van der Waals surface area contributed by atoms with Crippen molar-refractivity contribution in [3.05, 3.63) is 18.1 Å². The zero-order valence-electron chi connectivity index (χ0n) is 7.83. The first-order valence-electron chi connectivity index (χ1n) is 4.30. The van der Waals surface area contributed by atoms with Gasteiger partial charge in [0.25, 0.3) is 0 Å². The molecule has 0 saturated carbocycles. The molecule has 0 radical (unpaired) electrons. The minimum atomic E-state index is 0.424. The quantitative estimate of drug-likeness (QED) is 0.744. The molecule has 66 valence electrons. The summed E-state index contributed by atoms with van der Waals surface area (Å²) in [6.07, 6.45) is 3.44. The zero-order valence-corrected chi connectivity index (χ0v) is 7.83. The van der Waals surface area contributed by atoms with Gasteiger partial charge in [0.1, 0.15) is 5.82 Å². The monoisotopic (exact) mass is 165 g/mol. The van der Waals surface area contributed by atoms with Crippen molar-refractivity contribution in [1.82, 2.24) is 9.97 Å². The number of rotatable bonds is 3. The van der Waals surface area contributed by atoms with Crippen LogP contribution in [-0.2, 0) is 0 Å². The summed E-state index contributed by atoms with van der Waals surface area (Å²) < 4.78 is 0. The van der Waals surface area contributed by atoms with Crippen molar-refractivity contribution in [3.63, 3.8) is 0 Å². The van der Waals surface area contributed by atoms with Crippen LogP contribution < -0.4 is 5.32 Å². The van der Waals surface area contributed by atoms with Crippen LogP contribution in [0, 0.1) is 0 Å². The van der Waals surface area contributed by atoms with Crippen molar-refractivity contribution in [2.24, 2.45) is 0 Å². The Morgan fingerprint density at radius 3 is 2.58 bits per heavy atom. The Kier molecular flexibility index (Phi) is 3.02. The van der Waals surface area contributed by atoms with E-state index in [9.17, 15) is 0 Å². The third kappa shape index (κ3) is 1.94. The average molecular weight is 165 g/mol. The van der Waals surface area contributed by atoms with E-state index in [1.54, 1.807) is 12.4 Å². The van der Waals surface area contributed by atoms with E-state index < -0.39 is 0 Å². The van der Waals surface area contributed by atoms with Crippen molar-refractivity contribution in [3.8, 4) is 0 Å². The zero-order chi connectivity index (χ0) is 8.97. The molecule has 0 unspecified atom stereocenters. The second-order valence-electron chi connectivity index (χ2n) is 2.98. The van der Waals surface area contributed by atoms with Crippen molar-refractivity contribution in [2.45, 2.75) is 26.7 Å². The molecule has 3 heteroatoms. The largest absolute Gasteiger partial charge is 0.369 e. The molecule has 1 aromatic heterocycles. The molecule has 1 aromatic rings. The number of aromatic nitrogens is 2. The summed E-state index contributed by atoms with van der Waals surface area (Å²) in [5.41, 5.74) is 1.04. The van der Waals surface area contributed by atoms with Crippen molar-refractivity contribution < 1.29 is 0 Å². The lowest BCUT2D eigenvalue weighted by Crippen LogP contribution is -2.05. The fourth-order valence-corrected chi connectivity index (χ4v) is 1.07. The van der Waals surface area contributed by atoms with Gasteiger partial charge in [-0.05, 0) is 12.8 Å². The molecule has 0 aliphatic heterocycles. The minimum Gasteiger partial charge on any atom is -0.369 e. The Bertz CT molecular complexity index is 245. The van der Waals surface area contributed by atoms with Crippen LogP contribution in [0.15, 0.2) is 12.4 Å². The van der Waals surface area contributed by atoms with Gasteiger partial charge in [-0.25, -0.2) is 4.98 Å². The van der Waals surface area contributed by atoms with E-state index in [4.69, 9.17) is 0 Å². The fraction of sp³-hybridized carbons (Fsp3) is 0.556. The number of hydrogen-bond donors (Lipinski definition) is 1. The minimum absolute atomic E-state index is 0.424. The summed E-state index contributed by atoms with van der Waals surface area (Å²) in [4.78, 5) is 8.49. The van der Waals surface area contributed by atoms with Gasteiger partial charge in [0.15, 0.2) is 0 Å². The molecule has 0 fully saturated rings. The highest BCUT2D eigenvalue weighted by Crippen LogP contribution is 2.17. The summed E-state index contributed by atoms with van der Waals surface area (Å²) in [6, 6.07) is 0. The Balaban J connectivity index is 2.92. The van der Waals surface area contributed by atoms with E-state index >= 15 is 0 Å². The predicted molar refractivity (Wildman–Crippen MR) is 50.3 cm³/mol. The van der Waals surface area contributed by atoms with Gasteiger partial charge >= 0.3 is 0 Å². The van der Waals surface area contributed by atoms with Crippen LogP contribution in [-0.4, -0.2) is 16.5 Å². The molecule has 3 nitrogen and oxygen atoms in total. The van der Waals surface area contributed by atoms with Gasteiger partial charge in [-0.1, -0.05) is 13.8 Å². The normalized spacial score (nSPS) is 10.3. The third-order valence-corrected chi connectivity index (χ3v) is 1.62. The second-order valence-corrected chi connectivity index (χ2v) is 2.98. The Hall–Kier alpha value is -1.12. The Labute approximate surface area is 73.2 Å². The maximum absolute atomic E-state index is 4.27. The predicted octanol–water partition coefficient (Wildman–Crippen LogP) is 2.03. The smallest absolute Gasteiger partial charge is 0.147 e. The second kappa shape index (κ2) is 4.04. The lowest BCUT2D eigenvalue weighted by molar-refractivity contribution is 0.812. The maximum Gasteiger partial charge on any atom is 0.147 e. The van der Waals surface area contributed by atoms with E-state index in [2.05, 4.69) is 36.1 Å². The van der Waals surface area contributed by atoms with Gasteiger partial charge in [-0.2, -0.15) is 0 Å². The Morgan fingerprint density at radius 1 is 1.33 bits per heavy atom. The van der Waals surface area contributed by atoms with Crippen LogP contribution in [0.1, 0.15) is 32.4 Å². The number of hydrogen-bond acceptors (Lipinski definition) is 3. The van der Waals surface area contributed by atoms with Gasteiger partial charge in [-0.3, -0.25) is 4.98 Å².